The lowest BCUT2D eigenvalue weighted by molar-refractivity contribution is -0.116. The number of carbonyl (C=O) groups is 2. The van der Waals surface area contributed by atoms with Crippen molar-refractivity contribution in [1.29, 1.82) is 0 Å². The molecule has 2 amide bonds. The van der Waals surface area contributed by atoms with E-state index in [1.165, 1.54) is 21.1 Å². The van der Waals surface area contributed by atoms with Crippen LogP contribution in [0.5, 0.6) is 11.5 Å². The van der Waals surface area contributed by atoms with E-state index in [1.54, 1.807) is 42.5 Å². The van der Waals surface area contributed by atoms with Crippen LogP contribution in [0.4, 0.5) is 11.4 Å². The summed E-state index contributed by atoms with van der Waals surface area (Å²) in [6.07, 6.45) is 0.481. The molecule has 3 rings (SSSR count). The van der Waals surface area contributed by atoms with E-state index in [1.807, 2.05) is 6.92 Å². The number of aromatic amines is 1. The number of hydrogen-bond donors (Lipinski definition) is 3. The minimum atomic E-state index is -0.542. The predicted molar refractivity (Wildman–Crippen MR) is 131 cm³/mol. The van der Waals surface area contributed by atoms with Crippen LogP contribution in [0.2, 0.25) is 0 Å². The summed E-state index contributed by atoms with van der Waals surface area (Å²) < 4.78 is 10.5. The van der Waals surface area contributed by atoms with Gasteiger partial charge in [0.05, 0.1) is 25.2 Å². The molecule has 178 valence electrons. The van der Waals surface area contributed by atoms with Gasteiger partial charge in [0.15, 0.2) is 10.9 Å². The molecule has 11 heteroatoms. The fourth-order valence-electron chi connectivity index (χ4n) is 3.10. The van der Waals surface area contributed by atoms with Crippen molar-refractivity contribution in [2.24, 2.45) is 0 Å². The second kappa shape index (κ2) is 11.3. The maximum Gasteiger partial charge on any atom is 0.278 e. The van der Waals surface area contributed by atoms with E-state index in [9.17, 15) is 14.4 Å². The van der Waals surface area contributed by atoms with Gasteiger partial charge in [0.1, 0.15) is 11.5 Å². The van der Waals surface area contributed by atoms with Gasteiger partial charge < -0.3 is 20.1 Å². The molecule has 2 aromatic carbocycles. The average molecular weight is 484 g/mol. The van der Waals surface area contributed by atoms with Crippen LogP contribution in [0.1, 0.15) is 20.3 Å². The van der Waals surface area contributed by atoms with E-state index < -0.39 is 10.8 Å². The second-order valence-corrected chi connectivity index (χ2v) is 8.33. The van der Waals surface area contributed by atoms with Gasteiger partial charge in [-0.3, -0.25) is 19.4 Å². The van der Waals surface area contributed by atoms with Gasteiger partial charge in [-0.15, -0.1) is 10.2 Å². The molecule has 0 saturated heterocycles. The number of ether oxygens (including phenoxy) is 2. The molecule has 1 aromatic heterocycles. The smallest absolute Gasteiger partial charge is 0.278 e. The van der Waals surface area contributed by atoms with Crippen LogP contribution in [-0.4, -0.2) is 46.5 Å². The lowest BCUT2D eigenvalue weighted by atomic mass is 10.1. The van der Waals surface area contributed by atoms with E-state index in [-0.39, 0.29) is 22.7 Å². The first-order valence-electron chi connectivity index (χ1n) is 10.4. The molecule has 3 N–H and O–H groups in total. The van der Waals surface area contributed by atoms with Gasteiger partial charge in [0.2, 0.25) is 11.8 Å². The lowest BCUT2D eigenvalue weighted by Crippen LogP contribution is -2.25. The number of para-hydroxylation sites is 1. The number of anilines is 2. The van der Waals surface area contributed by atoms with Crippen molar-refractivity contribution >= 4 is 35.0 Å². The Kier molecular flexibility index (Phi) is 8.25. The molecule has 0 unspecified atom stereocenters. The third kappa shape index (κ3) is 6.13. The maximum atomic E-state index is 12.9. The molecule has 0 radical (unpaired) electrons. The predicted octanol–water partition coefficient (Wildman–Crippen LogP) is 3.32. The molecule has 34 heavy (non-hydrogen) atoms. The second-order valence-electron chi connectivity index (χ2n) is 7.14. The fourth-order valence-corrected chi connectivity index (χ4v) is 3.94. The summed E-state index contributed by atoms with van der Waals surface area (Å²) in [5.41, 5.74) is 0.997. The largest absolute Gasteiger partial charge is 0.497 e. The van der Waals surface area contributed by atoms with Gasteiger partial charge in [-0.1, -0.05) is 36.9 Å². The van der Waals surface area contributed by atoms with Crippen molar-refractivity contribution in [3.8, 4) is 22.8 Å². The van der Waals surface area contributed by atoms with Crippen LogP contribution in [0, 0.1) is 0 Å². The number of carbonyl (C=O) groups excluding carboxylic acids is 2. The molecule has 0 bridgehead atoms. The summed E-state index contributed by atoms with van der Waals surface area (Å²) in [5.74, 6) is 0.543. The standard InChI is InChI=1S/C23H25N5O5S/c1-5-19(21(30)25-14-10-15(32-3)12-16(11-14)33-4)34-23-26-22(31)20(27-28-23)17-8-6-7-9-18(17)24-13(2)29/h6-12,19H,5H2,1-4H3,(H,24,29)(H,25,30)(H,26,28,31)/t19-/m1/s1. The minimum absolute atomic E-state index is 0.0645. The summed E-state index contributed by atoms with van der Waals surface area (Å²) in [7, 11) is 3.05. The van der Waals surface area contributed by atoms with Gasteiger partial charge in [0.25, 0.3) is 5.56 Å². The molecule has 0 fully saturated rings. The first-order chi connectivity index (χ1) is 16.3. The van der Waals surface area contributed by atoms with Crippen LogP contribution in [0.25, 0.3) is 11.3 Å². The first-order valence-corrected chi connectivity index (χ1v) is 11.3. The van der Waals surface area contributed by atoms with Crippen molar-refractivity contribution in [3.63, 3.8) is 0 Å². The molecular formula is C23H25N5O5S. The SMILES string of the molecule is CC[C@@H](Sc1nnc(-c2ccccc2NC(C)=O)c(=O)[nH]1)C(=O)Nc1cc(OC)cc(OC)c1. The fraction of sp³-hybridized carbons (Fsp3) is 0.261. The Morgan fingerprint density at radius 3 is 2.32 bits per heavy atom. The van der Waals surface area contributed by atoms with Crippen molar-refractivity contribution < 1.29 is 19.1 Å². The number of hydrogen-bond acceptors (Lipinski definition) is 8. The number of amides is 2. The summed E-state index contributed by atoms with van der Waals surface area (Å²) in [5, 5.41) is 13.3. The van der Waals surface area contributed by atoms with E-state index in [4.69, 9.17) is 9.47 Å². The molecular weight excluding hydrogens is 458 g/mol. The number of thioether (sulfide) groups is 1. The molecule has 0 saturated carbocycles. The molecule has 3 aromatic rings. The Balaban J connectivity index is 1.79. The molecule has 0 aliphatic rings. The topological polar surface area (TPSA) is 135 Å². The zero-order chi connectivity index (χ0) is 24.7. The number of nitrogens with one attached hydrogen (secondary N) is 3. The molecule has 1 heterocycles. The quantitative estimate of drug-likeness (QED) is 0.395. The molecule has 1 atom stereocenters. The summed E-state index contributed by atoms with van der Waals surface area (Å²) >= 11 is 1.10. The minimum Gasteiger partial charge on any atom is -0.497 e. The highest BCUT2D eigenvalue weighted by atomic mass is 32.2. The lowest BCUT2D eigenvalue weighted by Gasteiger charge is -2.15. The Labute approximate surface area is 200 Å². The van der Waals surface area contributed by atoms with Gasteiger partial charge in [-0.05, 0) is 12.5 Å². The van der Waals surface area contributed by atoms with Crippen molar-refractivity contribution in [2.75, 3.05) is 24.9 Å². The molecule has 0 aliphatic carbocycles. The van der Waals surface area contributed by atoms with E-state index >= 15 is 0 Å². The van der Waals surface area contributed by atoms with Gasteiger partial charge in [-0.2, -0.15) is 0 Å². The number of aromatic nitrogens is 3. The first kappa shape index (κ1) is 24.8. The van der Waals surface area contributed by atoms with Crippen LogP contribution < -0.4 is 25.7 Å². The third-order valence-electron chi connectivity index (χ3n) is 4.71. The molecule has 10 nitrogen and oxygen atoms in total. The Hall–Kier alpha value is -3.86. The molecule has 0 spiro atoms. The van der Waals surface area contributed by atoms with Crippen LogP contribution in [0.15, 0.2) is 52.4 Å². The highest BCUT2D eigenvalue weighted by molar-refractivity contribution is 8.00. The van der Waals surface area contributed by atoms with Crippen LogP contribution in [-0.2, 0) is 9.59 Å². The highest BCUT2D eigenvalue weighted by Gasteiger charge is 2.21. The Bertz CT molecular complexity index is 1220. The summed E-state index contributed by atoms with van der Waals surface area (Å²) in [6, 6.07) is 11.9. The number of nitrogens with zero attached hydrogens (tertiary/aromatic N) is 2. The van der Waals surface area contributed by atoms with Crippen LogP contribution in [0.3, 0.4) is 0 Å². The van der Waals surface area contributed by atoms with Gasteiger partial charge in [-0.25, -0.2) is 0 Å². The van der Waals surface area contributed by atoms with E-state index in [0.29, 0.717) is 34.9 Å². The number of H-pyrrole nitrogens is 1. The summed E-state index contributed by atoms with van der Waals surface area (Å²) in [6.45, 7) is 3.23. The molecule has 0 aliphatic heterocycles. The van der Waals surface area contributed by atoms with Crippen molar-refractivity contribution in [2.45, 2.75) is 30.7 Å². The maximum absolute atomic E-state index is 12.9. The van der Waals surface area contributed by atoms with Crippen molar-refractivity contribution in [3.05, 3.63) is 52.8 Å². The highest BCUT2D eigenvalue weighted by Crippen LogP contribution is 2.28. The normalized spacial score (nSPS) is 11.4. The number of methoxy groups -OCH3 is 2. The monoisotopic (exact) mass is 483 g/mol. The zero-order valence-corrected chi connectivity index (χ0v) is 20.0. The van der Waals surface area contributed by atoms with Gasteiger partial charge >= 0.3 is 0 Å². The Morgan fingerprint density at radius 2 is 1.74 bits per heavy atom. The number of rotatable bonds is 9. The van der Waals surface area contributed by atoms with Crippen LogP contribution >= 0.6 is 11.8 Å². The third-order valence-corrected chi connectivity index (χ3v) is 5.94. The zero-order valence-electron chi connectivity index (χ0n) is 19.2. The van der Waals surface area contributed by atoms with E-state index in [2.05, 4.69) is 25.8 Å². The van der Waals surface area contributed by atoms with Gasteiger partial charge in [0, 0.05) is 36.4 Å². The summed E-state index contributed by atoms with van der Waals surface area (Å²) in [4.78, 5) is 39.8. The Morgan fingerprint density at radius 1 is 1.06 bits per heavy atom. The van der Waals surface area contributed by atoms with E-state index in [0.717, 1.165) is 11.8 Å². The number of benzene rings is 2. The van der Waals surface area contributed by atoms with Crippen molar-refractivity contribution in [1.82, 2.24) is 15.2 Å². The average Bonchev–Trinajstić information content (AvgIpc) is 2.82.